The Kier molecular flexibility index (Phi) is 5.17. The average molecular weight is 278 g/mol. The van der Waals surface area contributed by atoms with Gasteiger partial charge in [-0.3, -0.25) is 4.79 Å². The van der Waals surface area contributed by atoms with Gasteiger partial charge in [-0.2, -0.15) is 0 Å². The Morgan fingerprint density at radius 2 is 2.00 bits per heavy atom. The molecule has 1 aromatic carbocycles. The van der Waals surface area contributed by atoms with Gasteiger partial charge in [-0.05, 0) is 36.0 Å². The van der Waals surface area contributed by atoms with Gasteiger partial charge in [0.15, 0.2) is 0 Å². The lowest BCUT2D eigenvalue weighted by atomic mass is 9.84. The van der Waals surface area contributed by atoms with Crippen LogP contribution in [0.25, 0.3) is 0 Å². The van der Waals surface area contributed by atoms with E-state index in [1.165, 1.54) is 0 Å². The first-order valence-corrected chi connectivity index (χ1v) is 6.97. The van der Waals surface area contributed by atoms with Crippen LogP contribution in [0.2, 0.25) is 0 Å². The van der Waals surface area contributed by atoms with Crippen LogP contribution < -0.4 is 11.1 Å². The van der Waals surface area contributed by atoms with Gasteiger partial charge in [-0.1, -0.05) is 32.9 Å². The molecule has 1 amide bonds. The molecule has 0 aromatic heterocycles. The summed E-state index contributed by atoms with van der Waals surface area (Å²) in [5.74, 6) is 0.268. The van der Waals surface area contributed by atoms with Crippen molar-refractivity contribution < 1.29 is 9.90 Å². The highest BCUT2D eigenvalue weighted by Gasteiger charge is 2.20. The van der Waals surface area contributed by atoms with E-state index in [1.54, 1.807) is 0 Å². The summed E-state index contributed by atoms with van der Waals surface area (Å²) in [6, 6.07) is 3.74. The molecule has 4 heteroatoms. The van der Waals surface area contributed by atoms with Crippen LogP contribution in [-0.2, 0) is 16.6 Å². The molecule has 20 heavy (non-hydrogen) atoms. The van der Waals surface area contributed by atoms with Gasteiger partial charge in [0.25, 0.3) is 0 Å². The zero-order valence-electron chi connectivity index (χ0n) is 13.1. The van der Waals surface area contributed by atoms with E-state index in [9.17, 15) is 9.90 Å². The van der Waals surface area contributed by atoms with Gasteiger partial charge in [0.1, 0.15) is 5.75 Å². The van der Waals surface area contributed by atoms with Crippen molar-refractivity contribution in [3.05, 3.63) is 28.8 Å². The second-order valence-corrected chi connectivity index (χ2v) is 6.44. The van der Waals surface area contributed by atoms with E-state index < -0.39 is 0 Å². The van der Waals surface area contributed by atoms with Crippen molar-refractivity contribution in [3.63, 3.8) is 0 Å². The maximum absolute atomic E-state index is 11.9. The largest absolute Gasteiger partial charge is 0.507 e. The van der Waals surface area contributed by atoms with E-state index in [-0.39, 0.29) is 17.4 Å². The van der Waals surface area contributed by atoms with Gasteiger partial charge in [0.2, 0.25) is 5.91 Å². The normalized spacial score (nSPS) is 13.1. The molecule has 1 rings (SSSR count). The van der Waals surface area contributed by atoms with Gasteiger partial charge in [-0.15, -0.1) is 0 Å². The molecule has 0 aliphatic heterocycles. The Hall–Kier alpha value is -1.55. The molecule has 4 N–H and O–H groups in total. The number of nitrogens with two attached hydrogens (primary N) is 1. The van der Waals surface area contributed by atoms with Crippen LogP contribution in [0.15, 0.2) is 12.1 Å². The van der Waals surface area contributed by atoms with Gasteiger partial charge in [0.05, 0.1) is 6.42 Å². The monoisotopic (exact) mass is 278 g/mol. The molecule has 0 fully saturated rings. The molecule has 0 radical (unpaired) electrons. The first kappa shape index (κ1) is 16.5. The van der Waals surface area contributed by atoms with Crippen molar-refractivity contribution in [3.8, 4) is 5.75 Å². The van der Waals surface area contributed by atoms with Crippen LogP contribution >= 0.6 is 0 Å². The minimum atomic E-state index is -0.161. The summed E-state index contributed by atoms with van der Waals surface area (Å²) in [7, 11) is 0. The molecule has 0 saturated carbocycles. The molecule has 1 unspecified atom stereocenters. The summed E-state index contributed by atoms with van der Waals surface area (Å²) >= 11 is 0. The third-order valence-corrected chi connectivity index (χ3v) is 3.29. The van der Waals surface area contributed by atoms with Crippen molar-refractivity contribution in [2.45, 2.75) is 52.5 Å². The standard InChI is InChI=1S/C16H26N2O2/c1-10-6-12(8-14(19)18-11(2)9-17)7-13(15(10)20)16(3,4)5/h6-7,11,20H,8-9,17H2,1-5H3,(H,18,19). The summed E-state index contributed by atoms with van der Waals surface area (Å²) in [4.78, 5) is 11.9. The fraction of sp³-hybridized carbons (Fsp3) is 0.562. The predicted octanol–water partition coefficient (Wildman–Crippen LogP) is 2.00. The summed E-state index contributed by atoms with van der Waals surface area (Å²) in [5, 5.41) is 13.0. The Labute approximate surface area is 121 Å². The van der Waals surface area contributed by atoms with Crippen LogP contribution in [0, 0.1) is 6.92 Å². The SMILES string of the molecule is Cc1cc(CC(=O)NC(C)CN)cc(C(C)(C)C)c1O. The zero-order chi connectivity index (χ0) is 15.5. The average Bonchev–Trinajstić information content (AvgIpc) is 2.31. The first-order chi connectivity index (χ1) is 9.15. The molecular formula is C16H26N2O2. The van der Waals surface area contributed by atoms with Crippen molar-refractivity contribution in [1.82, 2.24) is 5.32 Å². The van der Waals surface area contributed by atoms with E-state index in [0.29, 0.717) is 18.7 Å². The molecular weight excluding hydrogens is 252 g/mol. The molecule has 0 aliphatic carbocycles. The third kappa shape index (κ3) is 4.23. The zero-order valence-corrected chi connectivity index (χ0v) is 13.1. The molecule has 0 saturated heterocycles. The van der Waals surface area contributed by atoms with E-state index in [2.05, 4.69) is 5.32 Å². The van der Waals surface area contributed by atoms with Gasteiger partial charge >= 0.3 is 0 Å². The van der Waals surface area contributed by atoms with Crippen molar-refractivity contribution in [2.24, 2.45) is 5.73 Å². The van der Waals surface area contributed by atoms with Crippen LogP contribution in [0.1, 0.15) is 44.4 Å². The summed E-state index contributed by atoms with van der Waals surface area (Å²) < 4.78 is 0. The number of aromatic hydroxyl groups is 1. The fourth-order valence-electron chi connectivity index (χ4n) is 2.10. The number of rotatable bonds is 4. The second-order valence-electron chi connectivity index (χ2n) is 6.44. The van der Waals surface area contributed by atoms with Gasteiger partial charge in [0, 0.05) is 12.6 Å². The van der Waals surface area contributed by atoms with E-state index >= 15 is 0 Å². The van der Waals surface area contributed by atoms with E-state index in [0.717, 1.165) is 16.7 Å². The summed E-state index contributed by atoms with van der Waals surface area (Å²) in [6.07, 6.45) is 0.300. The molecule has 0 spiro atoms. The number of carbonyl (C=O) groups is 1. The Morgan fingerprint density at radius 1 is 1.40 bits per heavy atom. The highest BCUT2D eigenvalue weighted by Crippen LogP contribution is 2.34. The maximum atomic E-state index is 11.9. The number of nitrogens with one attached hydrogen (secondary N) is 1. The number of phenolic OH excluding ortho intramolecular Hbond substituents is 1. The van der Waals surface area contributed by atoms with Crippen LogP contribution in [0.3, 0.4) is 0 Å². The number of amides is 1. The Morgan fingerprint density at radius 3 is 2.50 bits per heavy atom. The smallest absolute Gasteiger partial charge is 0.224 e. The van der Waals surface area contributed by atoms with Gasteiger partial charge < -0.3 is 16.2 Å². The number of carbonyl (C=O) groups excluding carboxylic acids is 1. The molecule has 112 valence electrons. The fourth-order valence-corrected chi connectivity index (χ4v) is 2.10. The topological polar surface area (TPSA) is 75.4 Å². The molecule has 1 aromatic rings. The third-order valence-electron chi connectivity index (χ3n) is 3.29. The van der Waals surface area contributed by atoms with E-state index in [4.69, 9.17) is 5.73 Å². The van der Waals surface area contributed by atoms with Crippen molar-refractivity contribution in [1.29, 1.82) is 0 Å². The van der Waals surface area contributed by atoms with Gasteiger partial charge in [-0.25, -0.2) is 0 Å². The predicted molar refractivity (Wildman–Crippen MR) is 81.9 cm³/mol. The number of hydrogen-bond acceptors (Lipinski definition) is 3. The Bertz CT molecular complexity index is 490. The van der Waals surface area contributed by atoms with Crippen LogP contribution in [-0.4, -0.2) is 23.6 Å². The summed E-state index contributed by atoms with van der Waals surface area (Å²) in [5.41, 5.74) is 7.91. The lowest BCUT2D eigenvalue weighted by molar-refractivity contribution is -0.120. The molecule has 0 aliphatic rings. The minimum absolute atomic E-state index is 0.0252. The molecule has 1 atom stereocenters. The van der Waals surface area contributed by atoms with Crippen molar-refractivity contribution >= 4 is 5.91 Å². The summed E-state index contributed by atoms with van der Waals surface area (Å²) in [6.45, 7) is 10.3. The molecule has 4 nitrogen and oxygen atoms in total. The maximum Gasteiger partial charge on any atom is 0.224 e. The minimum Gasteiger partial charge on any atom is -0.507 e. The number of phenols is 1. The lowest BCUT2D eigenvalue weighted by Crippen LogP contribution is -2.38. The number of benzene rings is 1. The molecule has 0 bridgehead atoms. The lowest BCUT2D eigenvalue weighted by Gasteiger charge is -2.22. The highest BCUT2D eigenvalue weighted by atomic mass is 16.3. The second kappa shape index (κ2) is 6.27. The van der Waals surface area contributed by atoms with Crippen LogP contribution in [0.5, 0.6) is 5.75 Å². The highest BCUT2D eigenvalue weighted by molar-refractivity contribution is 5.79. The quantitative estimate of drug-likeness (QED) is 0.788. The number of hydrogen-bond donors (Lipinski definition) is 3. The van der Waals surface area contributed by atoms with Crippen LogP contribution in [0.4, 0.5) is 0 Å². The molecule has 0 heterocycles. The number of aryl methyl sites for hydroxylation is 1. The first-order valence-electron chi connectivity index (χ1n) is 6.97. The Balaban J connectivity index is 2.98. The van der Waals surface area contributed by atoms with E-state index in [1.807, 2.05) is 46.8 Å². The van der Waals surface area contributed by atoms with Crippen molar-refractivity contribution in [2.75, 3.05) is 6.54 Å².